The predicted molar refractivity (Wildman–Crippen MR) is 59.8 cm³/mol. The molecule has 0 saturated carbocycles. The van der Waals surface area contributed by atoms with Gasteiger partial charge >= 0.3 is 6.09 Å². The second-order valence-electron chi connectivity index (χ2n) is 3.24. The molecule has 0 radical (unpaired) electrons. The molecule has 0 fully saturated rings. The van der Waals surface area contributed by atoms with E-state index < -0.39 is 6.09 Å². The number of amides is 1. The molecular weight excluding hydrogens is 222 g/mol. The lowest BCUT2D eigenvalue weighted by Crippen LogP contribution is -2.28. The topological polar surface area (TPSA) is 73.1 Å². The molecule has 1 aromatic heterocycles. The van der Waals surface area contributed by atoms with Crippen molar-refractivity contribution in [3.8, 4) is 0 Å². The monoisotopic (exact) mass is 233 g/mol. The molecule has 0 saturated heterocycles. The summed E-state index contributed by atoms with van der Waals surface area (Å²) < 4.78 is 6.12. The summed E-state index contributed by atoms with van der Waals surface area (Å²) in [5, 5.41) is 11.0. The van der Waals surface area contributed by atoms with Crippen LogP contribution in [-0.2, 0) is 11.8 Å². The van der Waals surface area contributed by atoms with Gasteiger partial charge in [-0.3, -0.25) is 0 Å². The molecule has 0 atom stereocenters. The highest BCUT2D eigenvalue weighted by Crippen LogP contribution is 2.22. The van der Waals surface area contributed by atoms with E-state index in [2.05, 4.69) is 15.5 Å². The first kappa shape index (κ1) is 11.1. The number of hydrogen-bond donors (Lipinski definition) is 0. The number of tetrazole rings is 1. The van der Waals surface area contributed by atoms with Crippen molar-refractivity contribution in [2.45, 2.75) is 0 Å². The lowest BCUT2D eigenvalue weighted by atomic mass is 10.3. The second kappa shape index (κ2) is 4.60. The Morgan fingerprint density at radius 3 is 2.59 bits per heavy atom. The molecule has 17 heavy (non-hydrogen) atoms. The second-order valence-corrected chi connectivity index (χ2v) is 3.24. The van der Waals surface area contributed by atoms with Gasteiger partial charge in [0.1, 0.15) is 0 Å². The standard InChI is InChI=1S/C10H11N5O2/c1-14-9(11-12-13-14)15(10(16)17-2)8-6-4-3-5-7-8/h3-7H,1-2H3. The summed E-state index contributed by atoms with van der Waals surface area (Å²) in [7, 11) is 2.95. The van der Waals surface area contributed by atoms with Gasteiger partial charge in [0.05, 0.1) is 12.8 Å². The zero-order chi connectivity index (χ0) is 12.3. The first-order chi connectivity index (χ1) is 8.24. The molecule has 88 valence electrons. The molecule has 0 aliphatic carbocycles. The summed E-state index contributed by atoms with van der Waals surface area (Å²) in [6, 6.07) is 9.02. The van der Waals surface area contributed by atoms with Gasteiger partial charge < -0.3 is 4.74 Å². The third-order valence-corrected chi connectivity index (χ3v) is 2.17. The molecular formula is C10H11N5O2. The van der Waals surface area contributed by atoms with Gasteiger partial charge in [0, 0.05) is 7.05 Å². The van der Waals surface area contributed by atoms with Crippen LogP contribution in [0.1, 0.15) is 0 Å². The fourth-order valence-corrected chi connectivity index (χ4v) is 1.39. The molecule has 0 spiro atoms. The molecule has 0 aliphatic rings. The number of carbonyl (C=O) groups is 1. The fraction of sp³-hybridized carbons (Fsp3) is 0.200. The molecule has 7 nitrogen and oxygen atoms in total. The smallest absolute Gasteiger partial charge is 0.421 e. The summed E-state index contributed by atoms with van der Waals surface area (Å²) in [6.45, 7) is 0. The SMILES string of the molecule is COC(=O)N(c1ccccc1)c1nnnn1C. The quantitative estimate of drug-likeness (QED) is 0.777. The van der Waals surface area contributed by atoms with Crippen molar-refractivity contribution in [2.24, 2.45) is 7.05 Å². The number of benzene rings is 1. The molecule has 0 aliphatic heterocycles. The van der Waals surface area contributed by atoms with E-state index in [0.717, 1.165) is 0 Å². The predicted octanol–water partition coefficient (Wildman–Crippen LogP) is 1.11. The van der Waals surface area contributed by atoms with Crippen LogP contribution in [0.25, 0.3) is 0 Å². The van der Waals surface area contributed by atoms with Crippen molar-refractivity contribution in [2.75, 3.05) is 12.0 Å². The van der Waals surface area contributed by atoms with Crippen LogP contribution in [-0.4, -0.2) is 33.4 Å². The van der Waals surface area contributed by atoms with E-state index in [1.54, 1.807) is 19.2 Å². The number of rotatable bonds is 2. The van der Waals surface area contributed by atoms with Gasteiger partial charge in [-0.25, -0.2) is 14.4 Å². The average Bonchev–Trinajstić information content (AvgIpc) is 2.77. The third kappa shape index (κ3) is 2.07. The van der Waals surface area contributed by atoms with Gasteiger partial charge in [0.15, 0.2) is 0 Å². The number of nitrogens with zero attached hydrogens (tertiary/aromatic N) is 5. The number of aryl methyl sites for hydroxylation is 1. The molecule has 0 bridgehead atoms. The summed E-state index contributed by atoms with van der Waals surface area (Å²) in [5.74, 6) is 0.294. The minimum Gasteiger partial charge on any atom is -0.452 e. The van der Waals surface area contributed by atoms with E-state index in [4.69, 9.17) is 4.74 Å². The molecule has 1 aromatic carbocycles. The van der Waals surface area contributed by atoms with Crippen molar-refractivity contribution < 1.29 is 9.53 Å². The van der Waals surface area contributed by atoms with Gasteiger partial charge in [0.25, 0.3) is 5.95 Å². The van der Waals surface area contributed by atoms with Gasteiger partial charge in [-0.15, -0.1) is 0 Å². The van der Waals surface area contributed by atoms with Gasteiger partial charge in [-0.1, -0.05) is 23.3 Å². The minimum atomic E-state index is -0.547. The van der Waals surface area contributed by atoms with Crippen molar-refractivity contribution in [1.82, 2.24) is 20.2 Å². The number of para-hydroxylation sites is 1. The van der Waals surface area contributed by atoms with Gasteiger partial charge in [-0.05, 0) is 22.6 Å². The highest BCUT2D eigenvalue weighted by atomic mass is 16.5. The summed E-state index contributed by atoms with van der Waals surface area (Å²) in [6.07, 6.45) is -0.547. The minimum absolute atomic E-state index is 0.294. The van der Waals surface area contributed by atoms with Crippen LogP contribution in [0.3, 0.4) is 0 Å². The van der Waals surface area contributed by atoms with Crippen LogP contribution < -0.4 is 4.90 Å². The Hall–Kier alpha value is -2.44. The van der Waals surface area contributed by atoms with Crippen molar-refractivity contribution in [3.05, 3.63) is 30.3 Å². The molecule has 2 rings (SSSR count). The number of aromatic nitrogens is 4. The molecule has 0 unspecified atom stereocenters. The Bertz CT molecular complexity index is 510. The molecule has 1 heterocycles. The van der Waals surface area contributed by atoms with Crippen LogP contribution in [0.4, 0.5) is 16.4 Å². The zero-order valence-electron chi connectivity index (χ0n) is 9.44. The Morgan fingerprint density at radius 1 is 1.35 bits per heavy atom. The van der Waals surface area contributed by atoms with Crippen LogP contribution in [0, 0.1) is 0 Å². The van der Waals surface area contributed by atoms with E-state index in [1.165, 1.54) is 16.7 Å². The lowest BCUT2D eigenvalue weighted by molar-refractivity contribution is 0.181. The summed E-state index contributed by atoms with van der Waals surface area (Å²) in [5.41, 5.74) is 0.636. The maximum absolute atomic E-state index is 11.8. The van der Waals surface area contributed by atoms with Crippen LogP contribution in [0.5, 0.6) is 0 Å². The highest BCUT2D eigenvalue weighted by Gasteiger charge is 2.23. The number of ether oxygens (including phenoxy) is 1. The van der Waals surface area contributed by atoms with Crippen LogP contribution in [0.2, 0.25) is 0 Å². The zero-order valence-corrected chi connectivity index (χ0v) is 9.44. The number of anilines is 2. The molecule has 2 aromatic rings. The van der Waals surface area contributed by atoms with Crippen molar-refractivity contribution >= 4 is 17.7 Å². The Kier molecular flexibility index (Phi) is 2.99. The average molecular weight is 233 g/mol. The first-order valence-electron chi connectivity index (χ1n) is 4.89. The van der Waals surface area contributed by atoms with Crippen LogP contribution in [0.15, 0.2) is 30.3 Å². The maximum atomic E-state index is 11.8. The van der Waals surface area contributed by atoms with Crippen molar-refractivity contribution in [1.29, 1.82) is 0 Å². The number of methoxy groups -OCH3 is 1. The Morgan fingerprint density at radius 2 is 2.06 bits per heavy atom. The van der Waals surface area contributed by atoms with Gasteiger partial charge in [-0.2, -0.15) is 0 Å². The summed E-state index contributed by atoms with van der Waals surface area (Å²) in [4.78, 5) is 13.0. The first-order valence-corrected chi connectivity index (χ1v) is 4.89. The Balaban J connectivity index is 2.47. The molecule has 7 heteroatoms. The number of hydrogen-bond acceptors (Lipinski definition) is 5. The summed E-state index contributed by atoms with van der Waals surface area (Å²) >= 11 is 0. The van der Waals surface area contributed by atoms with E-state index in [1.807, 2.05) is 18.2 Å². The lowest BCUT2D eigenvalue weighted by Gasteiger charge is -2.18. The van der Waals surface area contributed by atoms with Gasteiger partial charge in [0.2, 0.25) is 0 Å². The van der Waals surface area contributed by atoms with Crippen molar-refractivity contribution in [3.63, 3.8) is 0 Å². The molecule has 0 N–H and O–H groups in total. The largest absolute Gasteiger partial charge is 0.452 e. The van der Waals surface area contributed by atoms with E-state index >= 15 is 0 Å². The van der Waals surface area contributed by atoms with E-state index in [-0.39, 0.29) is 0 Å². The number of carbonyl (C=O) groups excluding carboxylic acids is 1. The normalized spacial score (nSPS) is 10.0. The fourth-order valence-electron chi connectivity index (χ4n) is 1.39. The Labute approximate surface area is 97.6 Å². The van der Waals surface area contributed by atoms with Crippen LogP contribution >= 0.6 is 0 Å². The highest BCUT2D eigenvalue weighted by molar-refractivity contribution is 5.93. The maximum Gasteiger partial charge on any atom is 0.421 e. The van der Waals surface area contributed by atoms with E-state index in [9.17, 15) is 4.79 Å². The third-order valence-electron chi connectivity index (χ3n) is 2.17. The van der Waals surface area contributed by atoms with E-state index in [0.29, 0.717) is 11.6 Å². The molecule has 1 amide bonds.